The van der Waals surface area contributed by atoms with E-state index >= 15 is 0 Å². The van der Waals surface area contributed by atoms with Gasteiger partial charge in [-0.25, -0.2) is 0 Å². The van der Waals surface area contributed by atoms with Gasteiger partial charge in [0.25, 0.3) is 0 Å². The Balaban J connectivity index is 0.00000338. The Morgan fingerprint density at radius 2 is 2.04 bits per heavy atom. The van der Waals surface area contributed by atoms with E-state index in [1.165, 1.54) is 12.8 Å². The van der Waals surface area contributed by atoms with Gasteiger partial charge in [-0.05, 0) is 68.7 Å². The van der Waals surface area contributed by atoms with Crippen molar-refractivity contribution in [3.8, 4) is 11.5 Å². The molecule has 1 unspecified atom stereocenters. The lowest BCUT2D eigenvalue weighted by molar-refractivity contribution is -0.123. The van der Waals surface area contributed by atoms with Gasteiger partial charge in [0.1, 0.15) is 0 Å². The van der Waals surface area contributed by atoms with Gasteiger partial charge in [-0.3, -0.25) is 4.79 Å². The van der Waals surface area contributed by atoms with E-state index in [1.807, 2.05) is 31.4 Å². The van der Waals surface area contributed by atoms with Crippen LogP contribution in [0, 0.1) is 0 Å². The van der Waals surface area contributed by atoms with Crippen LogP contribution in [0.25, 0.3) is 0 Å². The van der Waals surface area contributed by atoms with Crippen molar-refractivity contribution in [2.45, 2.75) is 57.2 Å². The maximum Gasteiger partial charge on any atom is 0.237 e. The molecule has 1 aliphatic rings. The smallest absolute Gasteiger partial charge is 0.237 e. The number of thioether (sulfide) groups is 1. The molecular weight excluding hydrogens is 372 g/mol. The summed E-state index contributed by atoms with van der Waals surface area (Å²) in [6.07, 6.45) is 7.63. The number of rotatable bonds is 9. The van der Waals surface area contributed by atoms with Crippen molar-refractivity contribution in [3.05, 3.63) is 23.8 Å². The summed E-state index contributed by atoms with van der Waals surface area (Å²) in [6, 6.07) is 5.24. The topological polar surface area (TPSA) is 73.6 Å². The molecule has 0 bridgehead atoms. The van der Waals surface area contributed by atoms with Gasteiger partial charge in [0.05, 0.1) is 25.3 Å². The van der Waals surface area contributed by atoms with Gasteiger partial charge in [0, 0.05) is 0 Å². The summed E-state index contributed by atoms with van der Waals surface area (Å²) in [5.74, 6) is 2.24. The number of carbonyl (C=O) groups is 1. The lowest BCUT2D eigenvalue weighted by Crippen LogP contribution is -2.41. The zero-order valence-electron chi connectivity index (χ0n) is 15.8. The molecule has 2 atom stereocenters. The molecule has 1 fully saturated rings. The normalized spacial score (nSPS) is 16.5. The van der Waals surface area contributed by atoms with Gasteiger partial charge in [-0.1, -0.05) is 6.07 Å². The van der Waals surface area contributed by atoms with E-state index < -0.39 is 6.04 Å². The second-order valence-corrected chi connectivity index (χ2v) is 7.54. The maximum atomic E-state index is 12.2. The molecule has 5 nitrogen and oxygen atoms in total. The Kier molecular flexibility index (Phi) is 10.2. The van der Waals surface area contributed by atoms with Crippen LogP contribution < -0.4 is 20.5 Å². The first-order valence-electron chi connectivity index (χ1n) is 8.94. The van der Waals surface area contributed by atoms with Crippen molar-refractivity contribution in [2.75, 3.05) is 19.1 Å². The molecule has 0 aromatic heterocycles. The third-order valence-electron chi connectivity index (χ3n) is 4.61. The molecule has 1 aromatic rings. The molecular formula is C19H31ClN2O3S. The van der Waals surface area contributed by atoms with E-state index in [9.17, 15) is 4.79 Å². The highest BCUT2D eigenvalue weighted by Crippen LogP contribution is 2.33. The number of hydrogen-bond donors (Lipinski definition) is 2. The molecule has 26 heavy (non-hydrogen) atoms. The fraction of sp³-hybridized carbons (Fsp3) is 0.632. The fourth-order valence-corrected chi connectivity index (χ4v) is 3.51. The number of benzene rings is 1. The van der Waals surface area contributed by atoms with Gasteiger partial charge in [-0.2, -0.15) is 11.8 Å². The van der Waals surface area contributed by atoms with E-state index in [4.69, 9.17) is 15.2 Å². The summed E-state index contributed by atoms with van der Waals surface area (Å²) >= 11 is 1.69. The first-order valence-corrected chi connectivity index (χ1v) is 10.3. The summed E-state index contributed by atoms with van der Waals surface area (Å²) in [4.78, 5) is 12.2. The average molecular weight is 403 g/mol. The molecule has 148 valence electrons. The summed E-state index contributed by atoms with van der Waals surface area (Å²) < 4.78 is 11.5. The van der Waals surface area contributed by atoms with E-state index in [1.54, 1.807) is 18.9 Å². The van der Waals surface area contributed by atoms with Crippen LogP contribution in [0.5, 0.6) is 11.5 Å². The SMILES string of the molecule is COc1cc(C(C)NC(=O)[C@@H](N)CCSC)ccc1OC1CCCC1.Cl. The van der Waals surface area contributed by atoms with Crippen LogP contribution in [0.4, 0.5) is 0 Å². The van der Waals surface area contributed by atoms with Crippen molar-refractivity contribution >= 4 is 30.1 Å². The van der Waals surface area contributed by atoms with Crippen LogP contribution >= 0.6 is 24.2 Å². The lowest BCUT2D eigenvalue weighted by Gasteiger charge is -2.20. The van der Waals surface area contributed by atoms with Crippen LogP contribution in [-0.2, 0) is 4.79 Å². The number of nitrogens with two attached hydrogens (primary N) is 1. The molecule has 1 aliphatic carbocycles. The zero-order valence-corrected chi connectivity index (χ0v) is 17.5. The molecule has 0 heterocycles. The molecule has 2 rings (SSSR count). The van der Waals surface area contributed by atoms with Gasteiger partial charge in [0.2, 0.25) is 5.91 Å². The highest BCUT2D eigenvalue weighted by atomic mass is 35.5. The number of amides is 1. The van der Waals surface area contributed by atoms with Crippen LogP contribution in [0.2, 0.25) is 0 Å². The third-order valence-corrected chi connectivity index (χ3v) is 5.26. The molecule has 1 aromatic carbocycles. The predicted molar refractivity (Wildman–Crippen MR) is 111 cm³/mol. The minimum atomic E-state index is -0.471. The average Bonchev–Trinajstić information content (AvgIpc) is 3.12. The van der Waals surface area contributed by atoms with E-state index in [-0.39, 0.29) is 30.5 Å². The summed E-state index contributed by atoms with van der Waals surface area (Å²) in [6.45, 7) is 1.95. The van der Waals surface area contributed by atoms with E-state index in [2.05, 4.69) is 5.32 Å². The summed E-state index contributed by atoms with van der Waals surface area (Å²) in [5.41, 5.74) is 6.90. The van der Waals surface area contributed by atoms with Crippen LogP contribution in [-0.4, -0.2) is 37.2 Å². The van der Waals surface area contributed by atoms with Gasteiger partial charge >= 0.3 is 0 Å². The number of ether oxygens (including phenoxy) is 2. The quantitative estimate of drug-likeness (QED) is 0.658. The Bertz CT molecular complexity index is 568. The molecule has 1 saturated carbocycles. The largest absolute Gasteiger partial charge is 0.493 e. The second-order valence-electron chi connectivity index (χ2n) is 6.55. The number of methoxy groups -OCH3 is 1. The van der Waals surface area contributed by atoms with Crippen LogP contribution in [0.3, 0.4) is 0 Å². The Morgan fingerprint density at radius 1 is 1.35 bits per heavy atom. The van der Waals surface area contributed by atoms with E-state index in [0.29, 0.717) is 12.2 Å². The molecule has 3 N–H and O–H groups in total. The monoisotopic (exact) mass is 402 g/mol. The first-order chi connectivity index (χ1) is 12.0. The number of hydrogen-bond acceptors (Lipinski definition) is 5. The lowest BCUT2D eigenvalue weighted by atomic mass is 10.1. The maximum absolute atomic E-state index is 12.2. The van der Waals surface area contributed by atoms with Gasteiger partial charge in [-0.15, -0.1) is 12.4 Å². The Morgan fingerprint density at radius 3 is 2.65 bits per heavy atom. The van der Waals surface area contributed by atoms with Crippen molar-refractivity contribution in [2.24, 2.45) is 5.73 Å². The molecule has 0 saturated heterocycles. The Hall–Kier alpha value is -1.11. The standard InChI is InChI=1S/C19H30N2O3S.ClH/c1-13(21-19(22)16(20)10-11-25-3)14-8-9-17(18(12-14)23-2)24-15-6-4-5-7-15;/h8-9,12-13,15-16H,4-7,10-11,20H2,1-3H3,(H,21,22);1H/t13?,16-;/m0./s1. The van der Waals surface area contributed by atoms with Crippen molar-refractivity contribution in [1.82, 2.24) is 5.32 Å². The van der Waals surface area contributed by atoms with Crippen molar-refractivity contribution in [3.63, 3.8) is 0 Å². The van der Waals surface area contributed by atoms with Crippen LogP contribution in [0.15, 0.2) is 18.2 Å². The van der Waals surface area contributed by atoms with E-state index in [0.717, 1.165) is 29.9 Å². The summed E-state index contributed by atoms with van der Waals surface area (Å²) in [7, 11) is 1.64. The second kappa shape index (κ2) is 11.6. The first kappa shape index (κ1) is 22.9. The zero-order chi connectivity index (χ0) is 18.2. The highest BCUT2D eigenvalue weighted by molar-refractivity contribution is 7.98. The van der Waals surface area contributed by atoms with Crippen molar-refractivity contribution in [1.29, 1.82) is 0 Å². The number of halogens is 1. The minimum absolute atomic E-state index is 0. The fourth-order valence-electron chi connectivity index (χ4n) is 3.02. The Labute approximate surface area is 167 Å². The summed E-state index contributed by atoms with van der Waals surface area (Å²) in [5, 5.41) is 2.98. The number of carbonyl (C=O) groups excluding carboxylic acids is 1. The molecule has 0 radical (unpaired) electrons. The molecule has 0 spiro atoms. The third kappa shape index (κ3) is 6.56. The molecule has 1 amide bonds. The van der Waals surface area contributed by atoms with Crippen molar-refractivity contribution < 1.29 is 14.3 Å². The minimum Gasteiger partial charge on any atom is -0.493 e. The van der Waals surface area contributed by atoms with Crippen LogP contribution in [0.1, 0.15) is 50.6 Å². The molecule has 7 heteroatoms. The van der Waals surface area contributed by atoms with Gasteiger partial charge in [0.15, 0.2) is 11.5 Å². The van der Waals surface area contributed by atoms with Gasteiger partial charge < -0.3 is 20.5 Å². The molecule has 0 aliphatic heterocycles. The highest BCUT2D eigenvalue weighted by Gasteiger charge is 2.20. The number of nitrogens with one attached hydrogen (secondary N) is 1. The predicted octanol–water partition coefficient (Wildman–Crippen LogP) is 3.70.